The molecule has 212 valence electrons. The molecular weight excluding hydrogens is 635 g/mol. The number of epoxide rings is 1. The lowest BCUT2D eigenvalue weighted by Crippen LogP contribution is -2.42. The molecule has 0 aromatic heterocycles. The van der Waals surface area contributed by atoms with Gasteiger partial charge >= 0.3 is 0 Å². The molecule has 5 rings (SSSR count). The van der Waals surface area contributed by atoms with E-state index < -0.39 is 25.4 Å². The van der Waals surface area contributed by atoms with Crippen molar-refractivity contribution in [2.45, 2.75) is 66.1 Å². The average Bonchev–Trinajstić information content (AvgIpc) is 3.78. The molecule has 0 spiro atoms. The van der Waals surface area contributed by atoms with Crippen LogP contribution in [0.1, 0.15) is 55.0 Å². The molecule has 0 aliphatic carbocycles. The van der Waals surface area contributed by atoms with Crippen LogP contribution in [0, 0.1) is 20.8 Å². The molecular formula is C33H37IO5S. The highest BCUT2D eigenvalue weighted by Crippen LogP contribution is 2.44. The van der Waals surface area contributed by atoms with Gasteiger partial charge in [-0.05, 0) is 109 Å². The zero-order chi connectivity index (χ0) is 28.4. The van der Waals surface area contributed by atoms with E-state index in [2.05, 4.69) is 71.9 Å². The zero-order valence-electron chi connectivity index (χ0n) is 24.1. The number of rotatable bonds is 10. The largest absolute Gasteiger partial charge is 0.489 e. The van der Waals surface area contributed by atoms with Gasteiger partial charge in [0.1, 0.15) is 42.2 Å². The summed E-state index contributed by atoms with van der Waals surface area (Å²) in [6.07, 6.45) is 6.07. The normalized spacial score (nSPS) is 20.1. The third-order valence-corrected chi connectivity index (χ3v) is 10.5. The van der Waals surface area contributed by atoms with Crippen molar-refractivity contribution in [2.24, 2.45) is 0 Å². The van der Waals surface area contributed by atoms with Crippen LogP contribution in [0.4, 0.5) is 0 Å². The molecule has 5 nitrogen and oxygen atoms in total. The van der Waals surface area contributed by atoms with E-state index in [4.69, 9.17) is 18.9 Å². The van der Waals surface area contributed by atoms with E-state index in [1.807, 2.05) is 18.2 Å². The van der Waals surface area contributed by atoms with Crippen LogP contribution in [0.2, 0.25) is 0 Å². The van der Waals surface area contributed by atoms with Crippen molar-refractivity contribution in [3.63, 3.8) is 0 Å². The quantitative estimate of drug-likeness (QED) is 0.122. The van der Waals surface area contributed by atoms with Gasteiger partial charge in [0.2, 0.25) is 19.8 Å². The number of fused-ring (bicyclic) bond motifs is 2. The van der Waals surface area contributed by atoms with Crippen LogP contribution < -0.4 is 14.2 Å². The zero-order valence-corrected chi connectivity index (χ0v) is 27.0. The van der Waals surface area contributed by atoms with E-state index in [9.17, 15) is 3.07 Å². The summed E-state index contributed by atoms with van der Waals surface area (Å²) in [5.74, 6) is 2.79. The van der Waals surface area contributed by atoms with Crippen LogP contribution in [0.25, 0.3) is 16.8 Å². The molecule has 2 atom stereocenters. The standard InChI is InChI=1S/C33H37IO5S/c1-20(2)14-16-36-31-21(3)22(4)32-25(23(31)5)13-15-33(6,39-32)19-38-28-12-11-24(26-9-7-8-10-27(26)28)17-30(40-34-35)29-18-37-29/h7-12,14,17,29H,13,15-16,18-19H2,1-6H3/b30-17-. The van der Waals surface area contributed by atoms with Crippen LogP contribution in [0.15, 0.2) is 53.0 Å². The smallest absolute Gasteiger partial charge is 0.222 e. The van der Waals surface area contributed by atoms with Gasteiger partial charge in [-0.3, -0.25) is 3.07 Å². The number of hydrogen-bond donors (Lipinski definition) is 0. The Morgan fingerprint density at radius 3 is 2.52 bits per heavy atom. The first kappa shape index (κ1) is 29.1. The summed E-state index contributed by atoms with van der Waals surface area (Å²) in [6, 6.07) is 12.4. The van der Waals surface area contributed by atoms with E-state index in [0.717, 1.165) is 62.5 Å². The lowest BCUT2D eigenvalue weighted by atomic mass is 9.87. The van der Waals surface area contributed by atoms with Crippen molar-refractivity contribution >= 4 is 45.6 Å². The Morgan fingerprint density at radius 1 is 1.07 bits per heavy atom. The van der Waals surface area contributed by atoms with Gasteiger partial charge in [-0.25, -0.2) is 0 Å². The molecule has 3 aromatic carbocycles. The first-order valence-electron chi connectivity index (χ1n) is 13.7. The van der Waals surface area contributed by atoms with E-state index >= 15 is 0 Å². The third-order valence-electron chi connectivity index (χ3n) is 7.80. The summed E-state index contributed by atoms with van der Waals surface area (Å²) in [5.41, 5.74) is 6.55. The topological polar surface area (TPSA) is 57.3 Å². The minimum atomic E-state index is -1.16. The lowest BCUT2D eigenvalue weighted by Gasteiger charge is -2.38. The summed E-state index contributed by atoms with van der Waals surface area (Å²) in [7, 11) is 1.42. The Morgan fingerprint density at radius 2 is 1.82 bits per heavy atom. The maximum Gasteiger partial charge on any atom is 0.222 e. The Bertz CT molecular complexity index is 1500. The summed E-state index contributed by atoms with van der Waals surface area (Å²) in [5, 5.41) is 2.15. The third kappa shape index (κ3) is 6.26. The maximum absolute atomic E-state index is 11.4. The molecule has 0 amide bonds. The maximum atomic E-state index is 11.4. The Kier molecular flexibility index (Phi) is 8.92. The number of hydrogen-bond acceptors (Lipinski definition) is 6. The van der Waals surface area contributed by atoms with Gasteiger partial charge < -0.3 is 18.9 Å². The van der Waals surface area contributed by atoms with Crippen LogP contribution in [0.3, 0.4) is 0 Å². The Hall–Kier alpha value is -2.36. The van der Waals surface area contributed by atoms with Crippen molar-refractivity contribution in [1.82, 2.24) is 0 Å². The van der Waals surface area contributed by atoms with Gasteiger partial charge in [-0.1, -0.05) is 35.9 Å². The van der Waals surface area contributed by atoms with Gasteiger partial charge in [-0.2, -0.15) is 0 Å². The Balaban J connectivity index is 1.37. The lowest BCUT2D eigenvalue weighted by molar-refractivity contribution is 0.0171. The van der Waals surface area contributed by atoms with Crippen molar-refractivity contribution < 1.29 is 22.0 Å². The molecule has 40 heavy (non-hydrogen) atoms. The number of halogens is 1. The molecule has 2 aliphatic heterocycles. The molecule has 3 aromatic rings. The van der Waals surface area contributed by atoms with Gasteiger partial charge in [0, 0.05) is 15.9 Å². The highest BCUT2D eigenvalue weighted by molar-refractivity contribution is 14.2. The second-order valence-corrected chi connectivity index (χ2v) is 14.3. The Labute approximate surface area is 250 Å². The van der Waals surface area contributed by atoms with Crippen molar-refractivity contribution in [3.8, 4) is 17.2 Å². The average molecular weight is 673 g/mol. The van der Waals surface area contributed by atoms with E-state index in [-0.39, 0.29) is 6.10 Å². The second kappa shape index (κ2) is 12.2. The van der Waals surface area contributed by atoms with Gasteiger partial charge in [0.05, 0.1) is 6.61 Å². The predicted octanol–water partition coefficient (Wildman–Crippen LogP) is 8.98. The highest BCUT2D eigenvalue weighted by atomic mass is 127. The fourth-order valence-electron chi connectivity index (χ4n) is 5.24. The minimum absolute atomic E-state index is 0.0790. The van der Waals surface area contributed by atoms with Crippen molar-refractivity contribution in [2.75, 3.05) is 19.8 Å². The van der Waals surface area contributed by atoms with Crippen LogP contribution in [0.5, 0.6) is 17.2 Å². The van der Waals surface area contributed by atoms with Crippen molar-refractivity contribution in [3.05, 3.63) is 80.8 Å². The highest BCUT2D eigenvalue weighted by Gasteiger charge is 2.36. The predicted molar refractivity (Wildman–Crippen MR) is 172 cm³/mol. The number of allylic oxidation sites excluding steroid dienone is 1. The summed E-state index contributed by atoms with van der Waals surface area (Å²) >= 11 is -1.16. The fraction of sp³-hybridized carbons (Fsp3) is 0.394. The van der Waals surface area contributed by atoms with Gasteiger partial charge in [-0.15, -0.1) is 0 Å². The van der Waals surface area contributed by atoms with E-state index in [1.165, 1.54) is 25.6 Å². The summed E-state index contributed by atoms with van der Waals surface area (Å²) in [4.78, 5) is 1.04. The van der Waals surface area contributed by atoms with E-state index in [1.54, 1.807) is 0 Å². The molecule has 2 aliphatic rings. The molecule has 2 heterocycles. The van der Waals surface area contributed by atoms with E-state index in [0.29, 0.717) is 19.8 Å². The first-order valence-corrected chi connectivity index (χ1v) is 17.9. The van der Waals surface area contributed by atoms with Gasteiger partial charge in [0.15, 0.2) is 0 Å². The molecule has 1 saturated heterocycles. The fourth-order valence-corrected chi connectivity index (χ4v) is 7.57. The molecule has 0 saturated carbocycles. The second-order valence-electron chi connectivity index (χ2n) is 11.2. The minimum Gasteiger partial charge on any atom is -0.489 e. The van der Waals surface area contributed by atoms with Gasteiger partial charge in [0.25, 0.3) is 0 Å². The molecule has 2 unspecified atom stereocenters. The summed E-state index contributed by atoms with van der Waals surface area (Å²) < 4.78 is 36.3. The van der Waals surface area contributed by atoms with Crippen LogP contribution >= 0.6 is 28.7 Å². The SMILES string of the molecule is CC(C)=CCOc1c(C)c(C)c2c(c1C)CCC(C)(COc1ccc(/C=C(\SI=O)C3CO3)c3ccccc13)O2. The number of ether oxygens (including phenoxy) is 4. The molecule has 0 N–H and O–H groups in total. The number of benzene rings is 3. The molecule has 7 heteroatoms. The first-order chi connectivity index (χ1) is 19.2. The summed E-state index contributed by atoms with van der Waals surface area (Å²) in [6.45, 7) is 14.4. The van der Waals surface area contributed by atoms with Crippen LogP contribution in [-0.2, 0) is 14.2 Å². The molecule has 0 bridgehead atoms. The monoisotopic (exact) mass is 672 g/mol. The van der Waals surface area contributed by atoms with Crippen molar-refractivity contribution in [1.29, 1.82) is 0 Å². The molecule has 1 fully saturated rings. The van der Waals surface area contributed by atoms with Crippen LogP contribution in [-0.4, -0.2) is 31.5 Å². The molecule has 0 radical (unpaired) electrons.